The molecule has 0 fully saturated rings. The van der Waals surface area contributed by atoms with Crippen LogP contribution < -0.4 is 0 Å². The Bertz CT molecular complexity index is 440. The first-order valence-electron chi connectivity index (χ1n) is 7.91. The van der Waals surface area contributed by atoms with Crippen molar-refractivity contribution in [2.45, 2.75) is 75.2 Å². The second-order valence-electron chi connectivity index (χ2n) is 3.86. The summed E-state index contributed by atoms with van der Waals surface area (Å²) in [7, 11) is 0. The smallest absolute Gasteiger partial charge is 0.191 e. The van der Waals surface area contributed by atoms with Gasteiger partial charge in [-0.1, -0.05) is 46.7 Å². The van der Waals surface area contributed by atoms with Crippen molar-refractivity contribution < 1.29 is 8.94 Å². The van der Waals surface area contributed by atoms with Crippen LogP contribution in [0.5, 0.6) is 0 Å². The molecule has 0 N–H and O–H groups in total. The van der Waals surface area contributed by atoms with Crippen molar-refractivity contribution >= 4 is 0 Å². The number of oxazole rings is 1. The van der Waals surface area contributed by atoms with Gasteiger partial charge in [0.1, 0.15) is 11.5 Å². The molecule has 2 aromatic heterocycles. The van der Waals surface area contributed by atoms with Gasteiger partial charge >= 0.3 is 0 Å². The predicted molar refractivity (Wildman–Crippen MR) is 88.7 cm³/mol. The Morgan fingerprint density at radius 2 is 1.52 bits per heavy atom. The lowest BCUT2D eigenvalue weighted by atomic mass is 10.1. The van der Waals surface area contributed by atoms with E-state index in [0.717, 1.165) is 35.9 Å². The van der Waals surface area contributed by atoms with Crippen LogP contribution in [0.4, 0.5) is 0 Å². The van der Waals surface area contributed by atoms with Gasteiger partial charge in [0.2, 0.25) is 0 Å². The maximum atomic E-state index is 5.12. The normalized spacial score (nSPS) is 8.62. The van der Waals surface area contributed by atoms with E-state index in [1.54, 1.807) is 6.20 Å². The van der Waals surface area contributed by atoms with Crippen LogP contribution in [0.25, 0.3) is 0 Å². The van der Waals surface area contributed by atoms with Gasteiger partial charge in [-0.05, 0) is 20.3 Å². The Kier molecular flexibility index (Phi) is 13.9. The van der Waals surface area contributed by atoms with E-state index < -0.39 is 0 Å². The molecule has 0 amide bonds. The largest absolute Gasteiger partial charge is 0.446 e. The molecule has 2 heterocycles. The zero-order valence-electron chi connectivity index (χ0n) is 15.2. The molecule has 0 aliphatic rings. The summed E-state index contributed by atoms with van der Waals surface area (Å²) in [6, 6.07) is 0. The molecule has 4 nitrogen and oxygen atoms in total. The highest BCUT2D eigenvalue weighted by Crippen LogP contribution is 2.11. The standard InChI is InChI=1S/C7H11NO.C6H9NO.2C2H6/c1-4-7-5(2)8-9-6(7)3;1-3-6-4-7-5(2)8-6;2*1-2/h4H2,1-3H3;4H,3H2,1-2H3;2*1-2H3. The van der Waals surface area contributed by atoms with E-state index in [1.807, 2.05) is 55.4 Å². The van der Waals surface area contributed by atoms with Crippen molar-refractivity contribution in [3.8, 4) is 0 Å². The number of aromatic nitrogens is 2. The molecular formula is C17H32N2O2. The SMILES string of the molecule is CC.CC.CCc1c(C)noc1C.CCc1cnc(C)o1. The lowest BCUT2D eigenvalue weighted by Gasteiger charge is -1.88. The van der Waals surface area contributed by atoms with E-state index in [0.29, 0.717) is 0 Å². The maximum Gasteiger partial charge on any atom is 0.191 e. The molecular weight excluding hydrogens is 264 g/mol. The average Bonchev–Trinajstić information content (AvgIpc) is 3.09. The summed E-state index contributed by atoms with van der Waals surface area (Å²) < 4.78 is 10.1. The van der Waals surface area contributed by atoms with E-state index in [1.165, 1.54) is 5.56 Å². The lowest BCUT2D eigenvalue weighted by molar-refractivity contribution is 0.392. The van der Waals surface area contributed by atoms with Crippen LogP contribution in [0, 0.1) is 20.8 Å². The van der Waals surface area contributed by atoms with Gasteiger partial charge in [-0.25, -0.2) is 4.98 Å². The Balaban J connectivity index is 0. The molecule has 0 aliphatic heterocycles. The highest BCUT2D eigenvalue weighted by molar-refractivity contribution is 5.19. The average molecular weight is 296 g/mol. The zero-order chi connectivity index (χ0) is 16.8. The second kappa shape index (κ2) is 13.4. The molecule has 0 atom stereocenters. The first-order chi connectivity index (χ1) is 10.1. The summed E-state index contributed by atoms with van der Waals surface area (Å²) in [5.41, 5.74) is 2.27. The van der Waals surface area contributed by atoms with Crippen LogP contribution >= 0.6 is 0 Å². The number of nitrogens with zero attached hydrogens (tertiary/aromatic N) is 2. The third kappa shape index (κ3) is 8.33. The van der Waals surface area contributed by atoms with Gasteiger partial charge in [-0.2, -0.15) is 0 Å². The quantitative estimate of drug-likeness (QED) is 0.739. The second-order valence-corrected chi connectivity index (χ2v) is 3.86. The summed E-state index contributed by atoms with van der Waals surface area (Å²) in [6.45, 7) is 17.9. The molecule has 122 valence electrons. The molecule has 0 aromatic carbocycles. The monoisotopic (exact) mass is 296 g/mol. The van der Waals surface area contributed by atoms with Crippen molar-refractivity contribution in [2.24, 2.45) is 0 Å². The molecule has 2 aromatic rings. The van der Waals surface area contributed by atoms with Gasteiger partial charge < -0.3 is 8.94 Å². The highest BCUT2D eigenvalue weighted by atomic mass is 16.5. The Labute approximate surface area is 129 Å². The Morgan fingerprint density at radius 1 is 0.952 bits per heavy atom. The van der Waals surface area contributed by atoms with Crippen LogP contribution in [0.15, 0.2) is 15.1 Å². The Morgan fingerprint density at radius 3 is 1.71 bits per heavy atom. The van der Waals surface area contributed by atoms with Crippen LogP contribution in [-0.2, 0) is 12.8 Å². The molecule has 0 saturated heterocycles. The van der Waals surface area contributed by atoms with Gasteiger partial charge in [-0.3, -0.25) is 0 Å². The number of hydrogen-bond donors (Lipinski definition) is 0. The molecule has 0 unspecified atom stereocenters. The third-order valence-corrected chi connectivity index (χ3v) is 2.55. The van der Waals surface area contributed by atoms with Gasteiger partial charge in [0, 0.05) is 18.9 Å². The number of aryl methyl sites for hydroxylation is 4. The fourth-order valence-corrected chi connectivity index (χ4v) is 1.58. The minimum Gasteiger partial charge on any atom is -0.446 e. The van der Waals surface area contributed by atoms with Crippen LogP contribution in [0.2, 0.25) is 0 Å². The van der Waals surface area contributed by atoms with E-state index in [-0.39, 0.29) is 0 Å². The molecule has 0 aliphatic carbocycles. The summed E-state index contributed by atoms with van der Waals surface area (Å²) in [5.74, 6) is 2.67. The Hall–Kier alpha value is -1.58. The molecule has 4 heteroatoms. The van der Waals surface area contributed by atoms with Gasteiger partial charge in [-0.15, -0.1) is 0 Å². The zero-order valence-corrected chi connectivity index (χ0v) is 15.2. The van der Waals surface area contributed by atoms with E-state index in [4.69, 9.17) is 8.94 Å². The minimum atomic E-state index is 0.752. The summed E-state index contributed by atoms with van der Waals surface area (Å²) in [4.78, 5) is 3.92. The van der Waals surface area contributed by atoms with E-state index in [9.17, 15) is 0 Å². The van der Waals surface area contributed by atoms with Crippen molar-refractivity contribution in [3.63, 3.8) is 0 Å². The fourth-order valence-electron chi connectivity index (χ4n) is 1.58. The molecule has 0 bridgehead atoms. The van der Waals surface area contributed by atoms with Crippen LogP contribution in [-0.4, -0.2) is 10.1 Å². The van der Waals surface area contributed by atoms with E-state index >= 15 is 0 Å². The summed E-state index contributed by atoms with van der Waals surface area (Å²) in [5, 5.41) is 3.81. The number of hydrogen-bond acceptors (Lipinski definition) is 4. The van der Waals surface area contributed by atoms with Crippen LogP contribution in [0.1, 0.15) is 70.2 Å². The summed E-state index contributed by atoms with van der Waals surface area (Å²) in [6.07, 6.45) is 3.71. The summed E-state index contributed by atoms with van der Waals surface area (Å²) >= 11 is 0. The van der Waals surface area contributed by atoms with Crippen molar-refractivity contribution in [3.05, 3.63) is 34.9 Å². The highest BCUT2D eigenvalue weighted by Gasteiger charge is 2.04. The maximum absolute atomic E-state index is 5.12. The van der Waals surface area contributed by atoms with Gasteiger partial charge in [0.25, 0.3) is 0 Å². The lowest BCUT2D eigenvalue weighted by Crippen LogP contribution is -1.82. The molecule has 2 rings (SSSR count). The molecule has 0 spiro atoms. The topological polar surface area (TPSA) is 52.1 Å². The van der Waals surface area contributed by atoms with Crippen molar-refractivity contribution in [2.75, 3.05) is 0 Å². The van der Waals surface area contributed by atoms with Gasteiger partial charge in [0.05, 0.1) is 11.9 Å². The third-order valence-electron chi connectivity index (χ3n) is 2.55. The first-order valence-corrected chi connectivity index (χ1v) is 7.91. The number of rotatable bonds is 2. The first kappa shape index (κ1) is 21.7. The van der Waals surface area contributed by atoms with Gasteiger partial charge in [0.15, 0.2) is 5.89 Å². The molecule has 21 heavy (non-hydrogen) atoms. The minimum absolute atomic E-state index is 0.752. The molecule has 0 saturated carbocycles. The molecule has 0 radical (unpaired) electrons. The fraction of sp³-hybridized carbons (Fsp3) is 0.647. The van der Waals surface area contributed by atoms with Crippen molar-refractivity contribution in [1.82, 2.24) is 10.1 Å². The van der Waals surface area contributed by atoms with Crippen LogP contribution in [0.3, 0.4) is 0 Å². The van der Waals surface area contributed by atoms with Crippen molar-refractivity contribution in [1.29, 1.82) is 0 Å². The predicted octanol–water partition coefficient (Wildman–Crippen LogP) is 5.45. The van der Waals surface area contributed by atoms with E-state index in [2.05, 4.69) is 17.1 Å².